The van der Waals surface area contributed by atoms with Gasteiger partial charge in [-0.25, -0.2) is 8.78 Å². The van der Waals surface area contributed by atoms with Crippen LogP contribution in [0.5, 0.6) is 0 Å². The van der Waals surface area contributed by atoms with Crippen molar-refractivity contribution < 1.29 is 27.9 Å². The Labute approximate surface area is 228 Å². The second-order valence-corrected chi connectivity index (χ2v) is 10.3. The lowest BCUT2D eigenvalue weighted by Gasteiger charge is -2.45. The maximum atomic E-state index is 14.5. The molecule has 1 aliphatic rings. The van der Waals surface area contributed by atoms with Crippen LogP contribution in [0.25, 0.3) is 0 Å². The first-order chi connectivity index (χ1) is 18.6. The van der Waals surface area contributed by atoms with Crippen LogP contribution in [0, 0.1) is 23.0 Å². The van der Waals surface area contributed by atoms with Crippen LogP contribution in [0.1, 0.15) is 51.2 Å². The van der Waals surface area contributed by atoms with E-state index in [1.54, 1.807) is 42.6 Å². The minimum Gasteiger partial charge on any atom is -0.472 e. The van der Waals surface area contributed by atoms with Crippen molar-refractivity contribution >= 4 is 11.8 Å². The summed E-state index contributed by atoms with van der Waals surface area (Å²) in [5, 5.41) is 14.8. The molecule has 2 amide bonds. The summed E-state index contributed by atoms with van der Waals surface area (Å²) in [7, 11) is 0. The molecule has 0 saturated carbocycles. The molecule has 1 unspecified atom stereocenters. The normalized spacial score (nSPS) is 18.7. The molecule has 39 heavy (non-hydrogen) atoms. The molecule has 0 saturated heterocycles. The Hall–Kier alpha value is -3.30. The summed E-state index contributed by atoms with van der Waals surface area (Å²) in [6, 6.07) is 4.99. The van der Waals surface area contributed by atoms with Crippen molar-refractivity contribution in [3.8, 4) is 0 Å². The van der Waals surface area contributed by atoms with Crippen molar-refractivity contribution in [2.75, 3.05) is 19.6 Å². The van der Waals surface area contributed by atoms with Crippen LogP contribution in [0.2, 0.25) is 0 Å². The van der Waals surface area contributed by atoms with Crippen molar-refractivity contribution in [2.24, 2.45) is 17.1 Å². The van der Waals surface area contributed by atoms with Gasteiger partial charge in [0.05, 0.1) is 24.0 Å². The fraction of sp³-hybridized carbons (Fsp3) is 0.467. The lowest BCUT2D eigenvalue weighted by atomic mass is 9.63. The number of aliphatic hydroxyl groups is 1. The lowest BCUT2D eigenvalue weighted by Crippen LogP contribution is -2.54. The largest absolute Gasteiger partial charge is 0.472 e. The number of halogens is 2. The third-order valence-corrected chi connectivity index (χ3v) is 7.13. The van der Waals surface area contributed by atoms with Gasteiger partial charge in [-0.3, -0.25) is 9.59 Å². The minimum atomic E-state index is -1.37. The monoisotopic (exact) mass is 543 g/mol. The van der Waals surface area contributed by atoms with Crippen LogP contribution in [-0.2, 0) is 22.6 Å². The number of rotatable bonds is 14. The van der Waals surface area contributed by atoms with Gasteiger partial charge in [-0.15, -0.1) is 0 Å². The Morgan fingerprint density at radius 3 is 2.38 bits per heavy atom. The quantitative estimate of drug-likeness (QED) is 0.330. The molecule has 3 rings (SSSR count). The lowest BCUT2D eigenvalue weighted by molar-refractivity contribution is -0.145. The number of benzene rings is 1. The molecule has 0 fully saturated rings. The van der Waals surface area contributed by atoms with Crippen LogP contribution in [-0.4, -0.2) is 47.6 Å². The Bertz CT molecular complexity index is 1170. The van der Waals surface area contributed by atoms with E-state index in [0.29, 0.717) is 30.8 Å². The Balaban J connectivity index is 2.10. The SMILES string of the molecule is CCCN(CCC)C(=O)C1([C@H](Cc2cc(F)cc(F)c2)[C@@H](O)CNCc2ccoc2)C=C(C)C=C(C(N)=O)C1. The molecule has 1 aromatic carbocycles. The van der Waals surface area contributed by atoms with Gasteiger partial charge in [0.25, 0.3) is 0 Å². The summed E-state index contributed by atoms with van der Waals surface area (Å²) in [4.78, 5) is 28.6. The Morgan fingerprint density at radius 1 is 1.15 bits per heavy atom. The Kier molecular flexibility index (Phi) is 10.6. The first kappa shape index (κ1) is 30.2. The molecule has 0 bridgehead atoms. The number of carbonyl (C=O) groups is 2. The fourth-order valence-electron chi connectivity index (χ4n) is 5.53. The summed E-state index contributed by atoms with van der Waals surface area (Å²) in [5.74, 6) is -3.22. The molecule has 212 valence electrons. The van der Waals surface area contributed by atoms with E-state index >= 15 is 0 Å². The highest BCUT2D eigenvalue weighted by molar-refractivity contribution is 5.96. The highest BCUT2D eigenvalue weighted by atomic mass is 19.1. The standard InChI is InChI=1S/C30H39F2N3O4/c1-4-7-35(8-5-2)29(38)30(15-20(3)10-23(16-30)28(33)37)26(13-22-11-24(31)14-25(32)12-22)27(36)18-34-17-21-6-9-39-19-21/h6,9-12,14-15,19,26-27,34,36H,4-5,7-8,13,16-18H2,1-3H3,(H2,33,37)/t26-,27+,30?/m1/s1. The zero-order valence-corrected chi connectivity index (χ0v) is 22.9. The summed E-state index contributed by atoms with van der Waals surface area (Å²) < 4.78 is 33.5. The second kappa shape index (κ2) is 13.7. The Morgan fingerprint density at radius 2 is 1.82 bits per heavy atom. The van der Waals surface area contributed by atoms with E-state index in [-0.39, 0.29) is 30.9 Å². The summed E-state index contributed by atoms with van der Waals surface area (Å²) >= 11 is 0. The van der Waals surface area contributed by atoms with Crippen LogP contribution < -0.4 is 11.1 Å². The number of carbonyl (C=O) groups excluding carboxylic acids is 2. The van der Waals surface area contributed by atoms with Crippen LogP contribution >= 0.6 is 0 Å². The molecule has 3 atom stereocenters. The zero-order valence-electron chi connectivity index (χ0n) is 22.9. The van der Waals surface area contributed by atoms with Crippen molar-refractivity contribution in [3.63, 3.8) is 0 Å². The minimum absolute atomic E-state index is 0.00309. The first-order valence-electron chi connectivity index (χ1n) is 13.4. The van der Waals surface area contributed by atoms with Gasteiger partial charge < -0.3 is 25.5 Å². The van der Waals surface area contributed by atoms with E-state index in [1.165, 1.54) is 12.1 Å². The van der Waals surface area contributed by atoms with Gasteiger partial charge >= 0.3 is 0 Å². The molecule has 0 aliphatic heterocycles. The molecule has 1 aliphatic carbocycles. The number of hydrogen-bond acceptors (Lipinski definition) is 5. The van der Waals surface area contributed by atoms with E-state index in [4.69, 9.17) is 10.2 Å². The van der Waals surface area contributed by atoms with Gasteiger partial charge in [0, 0.05) is 49.3 Å². The predicted molar refractivity (Wildman–Crippen MR) is 145 cm³/mol. The average molecular weight is 544 g/mol. The van der Waals surface area contributed by atoms with Gasteiger partial charge in [-0.1, -0.05) is 31.6 Å². The fourth-order valence-corrected chi connectivity index (χ4v) is 5.53. The maximum Gasteiger partial charge on any atom is 0.244 e. The molecule has 0 radical (unpaired) electrons. The highest BCUT2D eigenvalue weighted by Crippen LogP contribution is 2.45. The van der Waals surface area contributed by atoms with Crippen molar-refractivity contribution in [1.82, 2.24) is 10.2 Å². The number of hydrogen-bond donors (Lipinski definition) is 3. The maximum absolute atomic E-state index is 14.5. The molecule has 2 aromatic rings. The smallest absolute Gasteiger partial charge is 0.244 e. The number of amides is 2. The summed E-state index contributed by atoms with van der Waals surface area (Å²) in [6.45, 7) is 7.21. The van der Waals surface area contributed by atoms with Gasteiger partial charge in [-0.2, -0.15) is 0 Å². The van der Waals surface area contributed by atoms with E-state index in [2.05, 4.69) is 5.32 Å². The molecule has 9 heteroatoms. The molecule has 1 heterocycles. The molecule has 4 N–H and O–H groups in total. The van der Waals surface area contributed by atoms with Gasteiger partial charge in [-0.05, 0) is 56.4 Å². The third kappa shape index (κ3) is 7.64. The number of nitrogens with one attached hydrogen (secondary N) is 1. The van der Waals surface area contributed by atoms with Gasteiger partial charge in [0.15, 0.2) is 0 Å². The van der Waals surface area contributed by atoms with Crippen molar-refractivity contribution in [3.05, 3.63) is 82.9 Å². The third-order valence-electron chi connectivity index (χ3n) is 7.13. The summed E-state index contributed by atoms with van der Waals surface area (Å²) in [5.41, 5.74) is 6.44. The molecule has 7 nitrogen and oxygen atoms in total. The van der Waals surface area contributed by atoms with E-state index in [0.717, 1.165) is 24.5 Å². The zero-order chi connectivity index (χ0) is 28.6. The van der Waals surface area contributed by atoms with Gasteiger partial charge in [0.2, 0.25) is 11.8 Å². The second-order valence-electron chi connectivity index (χ2n) is 10.3. The molecule has 1 aromatic heterocycles. The topological polar surface area (TPSA) is 109 Å². The highest BCUT2D eigenvalue weighted by Gasteiger charge is 2.50. The number of nitrogens with two attached hydrogens (primary N) is 1. The van der Waals surface area contributed by atoms with Crippen molar-refractivity contribution in [1.29, 1.82) is 0 Å². The van der Waals surface area contributed by atoms with Crippen LogP contribution in [0.3, 0.4) is 0 Å². The molecular formula is C30H39F2N3O4. The van der Waals surface area contributed by atoms with Crippen LogP contribution in [0.4, 0.5) is 8.78 Å². The number of furan rings is 1. The van der Waals surface area contributed by atoms with Crippen LogP contribution in [0.15, 0.2) is 64.5 Å². The van der Waals surface area contributed by atoms with E-state index in [1.807, 2.05) is 13.8 Å². The van der Waals surface area contributed by atoms with Gasteiger partial charge in [0.1, 0.15) is 11.6 Å². The summed E-state index contributed by atoms with van der Waals surface area (Å²) in [6.07, 6.45) is 6.87. The van der Waals surface area contributed by atoms with E-state index < -0.39 is 35.0 Å². The predicted octanol–water partition coefficient (Wildman–Crippen LogP) is 4.26. The average Bonchev–Trinajstić information content (AvgIpc) is 3.39. The van der Waals surface area contributed by atoms with E-state index in [9.17, 15) is 23.5 Å². The number of primary amides is 1. The first-order valence-corrected chi connectivity index (χ1v) is 13.4. The molecule has 0 spiro atoms. The number of aliphatic hydroxyl groups excluding tert-OH is 1. The van der Waals surface area contributed by atoms with Crippen molar-refractivity contribution in [2.45, 2.75) is 59.1 Å². The number of nitrogens with zero attached hydrogens (tertiary/aromatic N) is 1. The molecular weight excluding hydrogens is 504 g/mol. The number of allylic oxidation sites excluding steroid dienone is 2.